The highest BCUT2D eigenvalue weighted by molar-refractivity contribution is 5.77. The molecule has 3 N–H and O–H groups in total. The van der Waals surface area contributed by atoms with Crippen LogP contribution in [0.15, 0.2) is 12.2 Å². The molecule has 1 aliphatic carbocycles. The van der Waals surface area contributed by atoms with Crippen LogP contribution in [0.1, 0.15) is 12.8 Å². The van der Waals surface area contributed by atoms with Crippen LogP contribution in [-0.2, 0) is 4.79 Å². The third-order valence-corrected chi connectivity index (χ3v) is 2.02. The van der Waals surface area contributed by atoms with Crippen LogP contribution in [-0.4, -0.2) is 17.6 Å². The smallest absolute Gasteiger partial charge is 0.311 e. The van der Waals surface area contributed by atoms with Crippen molar-refractivity contribution in [2.45, 2.75) is 12.8 Å². The van der Waals surface area contributed by atoms with Crippen molar-refractivity contribution in [1.82, 2.24) is 0 Å². The van der Waals surface area contributed by atoms with Gasteiger partial charge in [-0.15, -0.1) is 0 Å². The molecule has 56 valence electrons. The molecule has 3 heteroatoms. The van der Waals surface area contributed by atoms with E-state index in [9.17, 15) is 4.79 Å². The van der Waals surface area contributed by atoms with Crippen molar-refractivity contribution in [3.63, 3.8) is 0 Å². The number of carbonyl (C=O) groups is 1. The third-order valence-electron chi connectivity index (χ3n) is 2.02. The maximum Gasteiger partial charge on any atom is 0.311 e. The van der Waals surface area contributed by atoms with E-state index in [0.29, 0.717) is 12.8 Å². The highest BCUT2D eigenvalue weighted by Gasteiger charge is 2.45. The van der Waals surface area contributed by atoms with Gasteiger partial charge in [-0.2, -0.15) is 0 Å². The molecule has 0 amide bonds. The molecule has 1 saturated carbocycles. The summed E-state index contributed by atoms with van der Waals surface area (Å²) in [5, 5.41) is 8.68. The van der Waals surface area contributed by atoms with Crippen molar-refractivity contribution >= 4 is 5.97 Å². The van der Waals surface area contributed by atoms with E-state index in [4.69, 9.17) is 10.8 Å². The van der Waals surface area contributed by atoms with Gasteiger partial charge < -0.3 is 10.8 Å². The molecular weight excluding hydrogens is 130 g/mol. The summed E-state index contributed by atoms with van der Waals surface area (Å²) in [4.78, 5) is 10.6. The molecule has 0 unspecified atom stereocenters. The zero-order valence-electron chi connectivity index (χ0n) is 5.76. The Hall–Kier alpha value is -0.830. The van der Waals surface area contributed by atoms with Crippen molar-refractivity contribution in [1.29, 1.82) is 0 Å². The molecule has 0 saturated heterocycles. The summed E-state index contributed by atoms with van der Waals surface area (Å²) in [5.74, 6) is -0.789. The Bertz CT molecular complexity index is 178. The molecule has 3 nitrogen and oxygen atoms in total. The number of hydrogen-bond acceptors (Lipinski definition) is 2. The molecule has 0 bridgehead atoms. The second-order valence-corrected chi connectivity index (χ2v) is 2.89. The molecular formula is C7H11NO2. The SMILES string of the molecule is C=C1CC(CN)(C(=O)O)C1. The van der Waals surface area contributed by atoms with Crippen LogP contribution >= 0.6 is 0 Å². The van der Waals surface area contributed by atoms with Gasteiger partial charge in [-0.1, -0.05) is 12.2 Å². The zero-order valence-corrected chi connectivity index (χ0v) is 5.76. The van der Waals surface area contributed by atoms with Gasteiger partial charge in [0.15, 0.2) is 0 Å². The van der Waals surface area contributed by atoms with Crippen molar-refractivity contribution < 1.29 is 9.90 Å². The average Bonchev–Trinajstić information content (AvgIpc) is 1.79. The van der Waals surface area contributed by atoms with Gasteiger partial charge in [0.25, 0.3) is 0 Å². The van der Waals surface area contributed by atoms with E-state index in [2.05, 4.69) is 6.58 Å². The van der Waals surface area contributed by atoms with Crippen LogP contribution in [0.25, 0.3) is 0 Å². The number of carboxylic acids is 1. The van der Waals surface area contributed by atoms with E-state index < -0.39 is 11.4 Å². The third kappa shape index (κ3) is 0.827. The maximum atomic E-state index is 10.6. The second-order valence-electron chi connectivity index (χ2n) is 2.89. The molecule has 0 aromatic carbocycles. The van der Waals surface area contributed by atoms with Crippen LogP contribution in [0.2, 0.25) is 0 Å². The van der Waals surface area contributed by atoms with E-state index in [-0.39, 0.29) is 6.54 Å². The quantitative estimate of drug-likeness (QED) is 0.546. The lowest BCUT2D eigenvalue weighted by Crippen LogP contribution is -2.45. The van der Waals surface area contributed by atoms with Gasteiger partial charge in [0.05, 0.1) is 5.41 Å². The molecule has 10 heavy (non-hydrogen) atoms. The number of rotatable bonds is 2. The minimum atomic E-state index is -0.789. The van der Waals surface area contributed by atoms with Crippen LogP contribution in [0, 0.1) is 5.41 Å². The summed E-state index contributed by atoms with van der Waals surface area (Å²) in [6.07, 6.45) is 1.11. The first-order valence-corrected chi connectivity index (χ1v) is 3.21. The highest BCUT2D eigenvalue weighted by Crippen LogP contribution is 2.43. The molecule has 0 radical (unpaired) electrons. The fourth-order valence-electron chi connectivity index (χ4n) is 1.29. The van der Waals surface area contributed by atoms with Gasteiger partial charge in [0, 0.05) is 6.54 Å². The molecule has 0 aliphatic heterocycles. The first-order chi connectivity index (χ1) is 4.60. The minimum absolute atomic E-state index is 0.224. The van der Waals surface area contributed by atoms with E-state index in [0.717, 1.165) is 5.57 Å². The lowest BCUT2D eigenvalue weighted by atomic mass is 9.66. The molecule has 0 aromatic heterocycles. The fourth-order valence-corrected chi connectivity index (χ4v) is 1.29. The van der Waals surface area contributed by atoms with Crippen LogP contribution in [0.5, 0.6) is 0 Å². The molecule has 1 rings (SSSR count). The Labute approximate surface area is 59.5 Å². The van der Waals surface area contributed by atoms with Crippen molar-refractivity contribution in [3.05, 3.63) is 12.2 Å². The Morgan fingerprint density at radius 1 is 1.80 bits per heavy atom. The Balaban J connectivity index is 2.65. The van der Waals surface area contributed by atoms with Gasteiger partial charge in [-0.3, -0.25) is 4.79 Å². The Morgan fingerprint density at radius 3 is 2.40 bits per heavy atom. The van der Waals surface area contributed by atoms with E-state index in [1.54, 1.807) is 0 Å². The number of allylic oxidation sites excluding steroid dienone is 1. The maximum absolute atomic E-state index is 10.6. The van der Waals surface area contributed by atoms with Crippen LogP contribution in [0.3, 0.4) is 0 Å². The fraction of sp³-hybridized carbons (Fsp3) is 0.571. The molecule has 0 atom stereocenters. The summed E-state index contributed by atoms with van der Waals surface area (Å²) in [6.45, 7) is 3.89. The number of aliphatic carboxylic acids is 1. The topological polar surface area (TPSA) is 63.3 Å². The highest BCUT2D eigenvalue weighted by atomic mass is 16.4. The summed E-state index contributed by atoms with van der Waals surface area (Å²) in [6, 6.07) is 0. The van der Waals surface area contributed by atoms with Gasteiger partial charge >= 0.3 is 5.97 Å². The number of nitrogens with two attached hydrogens (primary N) is 1. The van der Waals surface area contributed by atoms with Crippen molar-refractivity contribution in [2.75, 3.05) is 6.54 Å². The predicted molar refractivity (Wildman–Crippen MR) is 37.5 cm³/mol. The molecule has 0 aromatic rings. The summed E-state index contributed by atoms with van der Waals surface area (Å²) in [5.41, 5.74) is 5.63. The van der Waals surface area contributed by atoms with Gasteiger partial charge in [-0.05, 0) is 12.8 Å². The average molecular weight is 141 g/mol. The lowest BCUT2D eigenvalue weighted by molar-refractivity contribution is -0.150. The van der Waals surface area contributed by atoms with E-state index in [1.807, 2.05) is 0 Å². The Kier molecular flexibility index (Phi) is 1.52. The van der Waals surface area contributed by atoms with Crippen LogP contribution < -0.4 is 5.73 Å². The summed E-state index contributed by atoms with van der Waals surface area (Å²) >= 11 is 0. The molecule has 0 spiro atoms. The largest absolute Gasteiger partial charge is 0.481 e. The standard InChI is InChI=1S/C7H11NO2/c1-5-2-7(3-5,4-8)6(9)10/h1-4,8H2,(H,9,10). The van der Waals surface area contributed by atoms with Gasteiger partial charge in [-0.25, -0.2) is 0 Å². The van der Waals surface area contributed by atoms with E-state index >= 15 is 0 Å². The summed E-state index contributed by atoms with van der Waals surface area (Å²) in [7, 11) is 0. The van der Waals surface area contributed by atoms with Gasteiger partial charge in [0.2, 0.25) is 0 Å². The lowest BCUT2D eigenvalue weighted by Gasteiger charge is -2.38. The monoisotopic (exact) mass is 141 g/mol. The first kappa shape index (κ1) is 7.28. The van der Waals surface area contributed by atoms with E-state index in [1.165, 1.54) is 0 Å². The first-order valence-electron chi connectivity index (χ1n) is 3.21. The number of carboxylic acid groups (broad SMARTS) is 1. The molecule has 0 heterocycles. The Morgan fingerprint density at radius 2 is 2.30 bits per heavy atom. The molecule has 1 aliphatic rings. The van der Waals surface area contributed by atoms with Crippen molar-refractivity contribution in [3.8, 4) is 0 Å². The van der Waals surface area contributed by atoms with Crippen molar-refractivity contribution in [2.24, 2.45) is 11.1 Å². The second kappa shape index (κ2) is 2.09. The molecule has 1 fully saturated rings. The van der Waals surface area contributed by atoms with Crippen LogP contribution in [0.4, 0.5) is 0 Å². The predicted octanol–water partition coefficient (Wildman–Crippen LogP) is 0.366. The minimum Gasteiger partial charge on any atom is -0.481 e. The van der Waals surface area contributed by atoms with Gasteiger partial charge in [0.1, 0.15) is 0 Å². The summed E-state index contributed by atoms with van der Waals surface area (Å²) < 4.78 is 0. The number of hydrogen-bond donors (Lipinski definition) is 2. The zero-order chi connectivity index (χ0) is 7.78. The normalized spacial score (nSPS) is 21.9.